The van der Waals surface area contributed by atoms with Gasteiger partial charge in [0.15, 0.2) is 0 Å². The molecule has 0 spiro atoms. The Bertz CT molecular complexity index is 914. The molecule has 2 fully saturated rings. The van der Waals surface area contributed by atoms with E-state index in [1.165, 1.54) is 5.69 Å². The third-order valence-corrected chi connectivity index (χ3v) is 5.46. The molecule has 6 nitrogen and oxygen atoms in total. The molecule has 1 heterocycles. The first kappa shape index (κ1) is 18.1. The molecule has 6 heteroatoms. The van der Waals surface area contributed by atoms with Crippen LogP contribution in [0.3, 0.4) is 0 Å². The lowest BCUT2D eigenvalue weighted by molar-refractivity contribution is -0.134. The number of nitriles is 1. The molecule has 4 rings (SSSR count). The van der Waals surface area contributed by atoms with Crippen LogP contribution < -0.4 is 10.2 Å². The van der Waals surface area contributed by atoms with Gasteiger partial charge < -0.3 is 15.1 Å². The molecule has 2 aromatic rings. The number of nitrogens with zero attached hydrogens (tertiary/aromatic N) is 3. The maximum absolute atomic E-state index is 12.8. The monoisotopic (exact) mass is 374 g/mol. The first-order valence-corrected chi connectivity index (χ1v) is 9.56. The van der Waals surface area contributed by atoms with E-state index in [4.69, 9.17) is 5.26 Å². The van der Waals surface area contributed by atoms with Crippen molar-refractivity contribution in [1.82, 2.24) is 4.90 Å². The topological polar surface area (TPSA) is 76.4 Å². The van der Waals surface area contributed by atoms with Crippen LogP contribution in [-0.2, 0) is 9.59 Å². The molecule has 0 aromatic heterocycles. The van der Waals surface area contributed by atoms with Crippen LogP contribution in [0, 0.1) is 23.2 Å². The van der Waals surface area contributed by atoms with Crippen molar-refractivity contribution in [2.24, 2.45) is 11.8 Å². The van der Waals surface area contributed by atoms with Crippen molar-refractivity contribution >= 4 is 23.2 Å². The number of carbonyl (C=O) groups is 2. The average Bonchev–Trinajstić information content (AvgIpc) is 3.55. The Morgan fingerprint density at radius 2 is 1.61 bits per heavy atom. The van der Waals surface area contributed by atoms with Gasteiger partial charge in [0.05, 0.1) is 23.1 Å². The minimum atomic E-state index is -0.300. The van der Waals surface area contributed by atoms with E-state index in [0.717, 1.165) is 13.1 Å². The molecule has 0 radical (unpaired) electrons. The molecular formula is C22H22N4O2. The second-order valence-electron chi connectivity index (χ2n) is 7.24. The standard InChI is InChI=1S/C22H22N4O2/c23-15-16-6-4-5-9-20(16)24-21(27)18-14-19(18)22(28)26-12-10-25(11-13-26)17-7-2-1-3-8-17/h1-9,18-19H,10-14H2,(H,24,27). The molecule has 2 amide bonds. The lowest BCUT2D eigenvalue weighted by Crippen LogP contribution is -2.49. The maximum atomic E-state index is 12.8. The van der Waals surface area contributed by atoms with E-state index in [9.17, 15) is 9.59 Å². The Morgan fingerprint density at radius 1 is 0.929 bits per heavy atom. The highest BCUT2D eigenvalue weighted by Crippen LogP contribution is 2.41. The van der Waals surface area contributed by atoms with Gasteiger partial charge in [0.1, 0.15) is 6.07 Å². The van der Waals surface area contributed by atoms with Crippen LogP contribution >= 0.6 is 0 Å². The normalized spacial score (nSPS) is 21.0. The van der Waals surface area contributed by atoms with Crippen molar-refractivity contribution in [2.75, 3.05) is 36.4 Å². The van der Waals surface area contributed by atoms with E-state index in [2.05, 4.69) is 28.4 Å². The lowest BCUT2D eigenvalue weighted by Gasteiger charge is -2.36. The zero-order valence-corrected chi connectivity index (χ0v) is 15.5. The number of anilines is 2. The highest BCUT2D eigenvalue weighted by Gasteiger charge is 2.49. The van der Waals surface area contributed by atoms with E-state index >= 15 is 0 Å². The molecule has 1 saturated heterocycles. The van der Waals surface area contributed by atoms with Gasteiger partial charge in [-0.25, -0.2) is 0 Å². The highest BCUT2D eigenvalue weighted by molar-refractivity contribution is 6.00. The van der Waals surface area contributed by atoms with E-state index in [0.29, 0.717) is 30.8 Å². The average molecular weight is 374 g/mol. The largest absolute Gasteiger partial charge is 0.368 e. The van der Waals surface area contributed by atoms with Crippen LogP contribution in [0.25, 0.3) is 0 Å². The summed E-state index contributed by atoms with van der Waals surface area (Å²) in [5.74, 6) is -0.644. The summed E-state index contributed by atoms with van der Waals surface area (Å²) in [6.45, 7) is 2.95. The van der Waals surface area contributed by atoms with Crippen LogP contribution in [0.2, 0.25) is 0 Å². The Kier molecular flexibility index (Phi) is 4.98. The second kappa shape index (κ2) is 7.73. The summed E-state index contributed by atoms with van der Waals surface area (Å²) in [5, 5.41) is 11.9. The second-order valence-corrected chi connectivity index (χ2v) is 7.24. The molecule has 2 unspecified atom stereocenters. The smallest absolute Gasteiger partial charge is 0.228 e. The molecule has 2 atom stereocenters. The predicted molar refractivity (Wildman–Crippen MR) is 107 cm³/mol. The fourth-order valence-electron chi connectivity index (χ4n) is 3.73. The third-order valence-electron chi connectivity index (χ3n) is 5.46. The van der Waals surface area contributed by atoms with Crippen molar-refractivity contribution in [3.8, 4) is 6.07 Å². The third kappa shape index (κ3) is 3.70. The SMILES string of the molecule is N#Cc1ccccc1NC(=O)C1CC1C(=O)N1CCN(c2ccccc2)CC1. The molecule has 1 N–H and O–H groups in total. The number of nitrogens with one attached hydrogen (secondary N) is 1. The highest BCUT2D eigenvalue weighted by atomic mass is 16.2. The Morgan fingerprint density at radius 3 is 2.32 bits per heavy atom. The first-order valence-electron chi connectivity index (χ1n) is 9.56. The number of para-hydroxylation sites is 2. The molecule has 1 aliphatic heterocycles. The van der Waals surface area contributed by atoms with Gasteiger partial charge >= 0.3 is 0 Å². The summed E-state index contributed by atoms with van der Waals surface area (Å²) in [4.78, 5) is 29.4. The summed E-state index contributed by atoms with van der Waals surface area (Å²) in [5.41, 5.74) is 2.11. The first-order chi connectivity index (χ1) is 13.7. The summed E-state index contributed by atoms with van der Waals surface area (Å²) in [6.07, 6.45) is 0.582. The number of amides is 2. The van der Waals surface area contributed by atoms with Crippen LogP contribution in [-0.4, -0.2) is 42.9 Å². The zero-order valence-electron chi connectivity index (χ0n) is 15.5. The summed E-state index contributed by atoms with van der Waals surface area (Å²) >= 11 is 0. The molecule has 2 aromatic carbocycles. The van der Waals surface area contributed by atoms with E-state index < -0.39 is 0 Å². The van der Waals surface area contributed by atoms with Crippen LogP contribution in [0.15, 0.2) is 54.6 Å². The van der Waals surface area contributed by atoms with Gasteiger partial charge in [-0.3, -0.25) is 9.59 Å². The minimum absolute atomic E-state index is 0.0708. The van der Waals surface area contributed by atoms with Gasteiger partial charge in [-0.1, -0.05) is 30.3 Å². The summed E-state index contributed by atoms with van der Waals surface area (Å²) in [7, 11) is 0. The van der Waals surface area contributed by atoms with Crippen molar-refractivity contribution in [3.05, 3.63) is 60.2 Å². The van der Waals surface area contributed by atoms with Crippen LogP contribution in [0.4, 0.5) is 11.4 Å². The van der Waals surface area contributed by atoms with Gasteiger partial charge in [0.2, 0.25) is 11.8 Å². The predicted octanol–water partition coefficient (Wildman–Crippen LogP) is 2.48. The Labute approximate surface area is 164 Å². The molecule has 2 aliphatic rings. The number of hydrogen-bond donors (Lipinski definition) is 1. The number of rotatable bonds is 4. The number of carbonyl (C=O) groups excluding carboxylic acids is 2. The van der Waals surface area contributed by atoms with Gasteiger partial charge in [-0.05, 0) is 30.7 Å². The number of hydrogen-bond acceptors (Lipinski definition) is 4. The van der Waals surface area contributed by atoms with Crippen molar-refractivity contribution < 1.29 is 9.59 Å². The maximum Gasteiger partial charge on any atom is 0.228 e. The quantitative estimate of drug-likeness (QED) is 0.892. The fourth-order valence-corrected chi connectivity index (χ4v) is 3.73. The molecule has 0 bridgehead atoms. The number of benzene rings is 2. The van der Waals surface area contributed by atoms with Crippen molar-refractivity contribution in [3.63, 3.8) is 0 Å². The minimum Gasteiger partial charge on any atom is -0.368 e. The fraction of sp³-hybridized carbons (Fsp3) is 0.318. The molecule has 142 valence electrons. The molecular weight excluding hydrogens is 352 g/mol. The van der Waals surface area contributed by atoms with E-state index in [1.807, 2.05) is 23.1 Å². The van der Waals surface area contributed by atoms with Gasteiger partial charge in [0, 0.05) is 31.9 Å². The molecule has 1 aliphatic carbocycles. The lowest BCUT2D eigenvalue weighted by atomic mass is 10.2. The Balaban J connectivity index is 1.30. The van der Waals surface area contributed by atoms with E-state index in [-0.39, 0.29) is 23.7 Å². The van der Waals surface area contributed by atoms with Gasteiger partial charge in [0.25, 0.3) is 0 Å². The zero-order chi connectivity index (χ0) is 19.5. The summed E-state index contributed by atoms with van der Waals surface area (Å²) in [6, 6.07) is 19.2. The van der Waals surface area contributed by atoms with Crippen molar-refractivity contribution in [2.45, 2.75) is 6.42 Å². The van der Waals surface area contributed by atoms with Crippen LogP contribution in [0.1, 0.15) is 12.0 Å². The molecule has 28 heavy (non-hydrogen) atoms. The van der Waals surface area contributed by atoms with Gasteiger partial charge in [-0.2, -0.15) is 5.26 Å². The summed E-state index contributed by atoms with van der Waals surface area (Å²) < 4.78 is 0. The Hall–Kier alpha value is -3.33. The molecule has 1 saturated carbocycles. The van der Waals surface area contributed by atoms with E-state index in [1.54, 1.807) is 24.3 Å². The van der Waals surface area contributed by atoms with Gasteiger partial charge in [-0.15, -0.1) is 0 Å². The van der Waals surface area contributed by atoms with Crippen molar-refractivity contribution in [1.29, 1.82) is 5.26 Å². The van der Waals surface area contributed by atoms with Crippen LogP contribution in [0.5, 0.6) is 0 Å². The number of piperazine rings is 1.